The molecule has 112 valence electrons. The van der Waals surface area contributed by atoms with Crippen molar-refractivity contribution in [1.82, 2.24) is 0 Å². The van der Waals surface area contributed by atoms with E-state index in [2.05, 4.69) is 4.74 Å². The van der Waals surface area contributed by atoms with Gasteiger partial charge in [0, 0.05) is 5.56 Å². The first-order valence-electron chi connectivity index (χ1n) is 5.70. The Morgan fingerprint density at radius 3 is 1.76 bits per heavy atom. The van der Waals surface area contributed by atoms with Crippen LogP contribution in [0, 0.1) is 0 Å². The van der Waals surface area contributed by atoms with Gasteiger partial charge in [0.2, 0.25) is 0 Å². The van der Waals surface area contributed by atoms with Crippen molar-refractivity contribution >= 4 is 0 Å². The first-order valence-corrected chi connectivity index (χ1v) is 5.70. The highest BCUT2D eigenvalue weighted by Gasteiger charge is 2.36. The second-order valence-corrected chi connectivity index (χ2v) is 4.09. The van der Waals surface area contributed by atoms with E-state index >= 15 is 0 Å². The van der Waals surface area contributed by atoms with Gasteiger partial charge in [0.05, 0.1) is 5.56 Å². The molecule has 0 heterocycles. The van der Waals surface area contributed by atoms with Crippen LogP contribution in [0.5, 0.6) is 5.75 Å². The summed E-state index contributed by atoms with van der Waals surface area (Å²) in [4.78, 5) is 0. The van der Waals surface area contributed by atoms with Crippen LogP contribution in [0.1, 0.15) is 5.56 Å². The zero-order valence-electron chi connectivity index (χ0n) is 10.3. The lowest BCUT2D eigenvalue weighted by Crippen LogP contribution is -2.18. The molecular formula is C14H8F6O. The highest BCUT2D eigenvalue weighted by molar-refractivity contribution is 5.73. The number of hydrogen-bond donors (Lipinski definition) is 0. The SMILES string of the molecule is FC(F)(F)Oc1ccccc1-c1ccccc1C(F)(F)F. The minimum atomic E-state index is -4.98. The molecule has 0 unspecified atom stereocenters. The molecule has 7 heteroatoms. The minimum Gasteiger partial charge on any atom is -0.405 e. The maximum Gasteiger partial charge on any atom is 0.573 e. The van der Waals surface area contributed by atoms with Crippen LogP contribution in [0.3, 0.4) is 0 Å². The molecule has 0 aliphatic rings. The van der Waals surface area contributed by atoms with E-state index < -0.39 is 23.9 Å². The molecule has 0 atom stereocenters. The number of benzene rings is 2. The first-order chi connectivity index (χ1) is 9.68. The number of alkyl halides is 6. The zero-order valence-corrected chi connectivity index (χ0v) is 10.3. The summed E-state index contributed by atoms with van der Waals surface area (Å²) >= 11 is 0. The van der Waals surface area contributed by atoms with Gasteiger partial charge >= 0.3 is 12.5 Å². The molecule has 0 spiro atoms. The van der Waals surface area contributed by atoms with Crippen molar-refractivity contribution in [2.75, 3.05) is 0 Å². The van der Waals surface area contributed by atoms with Crippen LogP contribution in [-0.2, 0) is 6.18 Å². The molecule has 0 bridgehead atoms. The van der Waals surface area contributed by atoms with E-state index in [1.54, 1.807) is 0 Å². The maximum atomic E-state index is 12.9. The zero-order chi connectivity index (χ0) is 15.7. The average Bonchev–Trinajstić information content (AvgIpc) is 2.36. The lowest BCUT2D eigenvalue weighted by molar-refractivity contribution is -0.274. The molecule has 2 aromatic carbocycles. The van der Waals surface area contributed by atoms with Gasteiger partial charge in [0.15, 0.2) is 0 Å². The van der Waals surface area contributed by atoms with Crippen molar-refractivity contribution in [3.63, 3.8) is 0 Å². The third-order valence-electron chi connectivity index (χ3n) is 2.64. The number of hydrogen-bond acceptors (Lipinski definition) is 1. The fourth-order valence-corrected chi connectivity index (χ4v) is 1.87. The highest BCUT2D eigenvalue weighted by atomic mass is 19.4. The summed E-state index contributed by atoms with van der Waals surface area (Å²) in [7, 11) is 0. The Balaban J connectivity index is 2.58. The molecule has 0 N–H and O–H groups in total. The van der Waals surface area contributed by atoms with Crippen molar-refractivity contribution < 1.29 is 31.1 Å². The Bertz CT molecular complexity index is 630. The fraction of sp³-hybridized carbons (Fsp3) is 0.143. The van der Waals surface area contributed by atoms with Gasteiger partial charge in [-0.15, -0.1) is 13.2 Å². The van der Waals surface area contributed by atoms with Gasteiger partial charge in [-0.3, -0.25) is 0 Å². The van der Waals surface area contributed by atoms with Gasteiger partial charge in [-0.05, 0) is 17.7 Å². The Labute approximate surface area is 115 Å². The van der Waals surface area contributed by atoms with Crippen molar-refractivity contribution in [3.8, 4) is 16.9 Å². The van der Waals surface area contributed by atoms with Gasteiger partial charge in [-0.1, -0.05) is 36.4 Å². The standard InChI is InChI=1S/C14H8F6O/c15-13(16,17)11-7-3-1-5-9(11)10-6-2-4-8-12(10)21-14(18,19)20/h1-8H. The molecule has 0 radical (unpaired) electrons. The van der Waals surface area contributed by atoms with E-state index in [1.807, 2.05) is 0 Å². The highest BCUT2D eigenvalue weighted by Crippen LogP contribution is 2.41. The summed E-state index contributed by atoms with van der Waals surface area (Å²) in [5.74, 6) is -0.679. The van der Waals surface area contributed by atoms with E-state index in [-0.39, 0.29) is 11.1 Å². The van der Waals surface area contributed by atoms with E-state index in [0.29, 0.717) is 0 Å². The van der Waals surface area contributed by atoms with Gasteiger partial charge in [0.1, 0.15) is 5.75 Å². The van der Waals surface area contributed by atoms with Crippen molar-refractivity contribution in [2.45, 2.75) is 12.5 Å². The largest absolute Gasteiger partial charge is 0.573 e. The lowest BCUT2D eigenvalue weighted by atomic mass is 9.98. The summed E-state index contributed by atoms with van der Waals surface area (Å²) in [5, 5.41) is 0. The molecule has 0 saturated heterocycles. The fourth-order valence-electron chi connectivity index (χ4n) is 1.87. The quantitative estimate of drug-likeness (QED) is 0.687. The third kappa shape index (κ3) is 3.68. The van der Waals surface area contributed by atoms with E-state index in [4.69, 9.17) is 0 Å². The molecule has 0 aliphatic carbocycles. The first kappa shape index (κ1) is 15.2. The Hall–Kier alpha value is -2.18. The van der Waals surface area contributed by atoms with Crippen LogP contribution < -0.4 is 4.74 Å². The van der Waals surface area contributed by atoms with E-state index in [0.717, 1.165) is 24.3 Å². The van der Waals surface area contributed by atoms with Crippen LogP contribution in [0.2, 0.25) is 0 Å². The summed E-state index contributed by atoms with van der Waals surface area (Å²) in [5.41, 5.74) is -1.67. The predicted octanol–water partition coefficient (Wildman–Crippen LogP) is 5.27. The predicted molar refractivity (Wildman–Crippen MR) is 63.6 cm³/mol. The summed E-state index contributed by atoms with van der Waals surface area (Å²) < 4.78 is 79.6. The second kappa shape index (κ2) is 5.31. The Kier molecular flexibility index (Phi) is 3.85. The average molecular weight is 306 g/mol. The van der Waals surface area contributed by atoms with Crippen LogP contribution in [-0.4, -0.2) is 6.36 Å². The number of ether oxygens (including phenoxy) is 1. The molecule has 0 saturated carbocycles. The van der Waals surface area contributed by atoms with Crippen LogP contribution in [0.25, 0.3) is 11.1 Å². The number of para-hydroxylation sites is 1. The second-order valence-electron chi connectivity index (χ2n) is 4.09. The monoisotopic (exact) mass is 306 g/mol. The molecule has 21 heavy (non-hydrogen) atoms. The van der Waals surface area contributed by atoms with Crippen LogP contribution in [0.4, 0.5) is 26.3 Å². The molecule has 0 fully saturated rings. The Morgan fingerprint density at radius 1 is 0.667 bits per heavy atom. The third-order valence-corrected chi connectivity index (χ3v) is 2.64. The topological polar surface area (TPSA) is 9.23 Å². The molecular weight excluding hydrogens is 298 g/mol. The number of halogens is 6. The van der Waals surface area contributed by atoms with Crippen molar-refractivity contribution in [3.05, 3.63) is 54.1 Å². The van der Waals surface area contributed by atoms with E-state index in [9.17, 15) is 26.3 Å². The normalized spacial score (nSPS) is 12.3. The molecule has 1 nitrogen and oxygen atoms in total. The van der Waals surface area contributed by atoms with Crippen LogP contribution >= 0.6 is 0 Å². The van der Waals surface area contributed by atoms with Gasteiger partial charge in [0.25, 0.3) is 0 Å². The van der Waals surface area contributed by atoms with Crippen molar-refractivity contribution in [2.24, 2.45) is 0 Å². The molecule has 0 amide bonds. The summed E-state index contributed by atoms with van der Waals surface area (Å²) in [6.45, 7) is 0. The van der Waals surface area contributed by atoms with Crippen molar-refractivity contribution in [1.29, 1.82) is 0 Å². The Morgan fingerprint density at radius 2 is 1.19 bits per heavy atom. The smallest absolute Gasteiger partial charge is 0.405 e. The summed E-state index contributed by atoms with van der Waals surface area (Å²) in [6.07, 6.45) is -9.66. The molecule has 0 aliphatic heterocycles. The van der Waals surface area contributed by atoms with Gasteiger partial charge in [-0.2, -0.15) is 13.2 Å². The van der Waals surface area contributed by atoms with E-state index in [1.165, 1.54) is 24.3 Å². The summed E-state index contributed by atoms with van der Waals surface area (Å²) in [6, 6.07) is 9.09. The number of rotatable bonds is 2. The molecule has 2 aromatic rings. The maximum absolute atomic E-state index is 12.9. The van der Waals surface area contributed by atoms with Crippen LogP contribution in [0.15, 0.2) is 48.5 Å². The van der Waals surface area contributed by atoms with Gasteiger partial charge < -0.3 is 4.74 Å². The minimum absolute atomic E-state index is 0.275. The molecule has 2 rings (SSSR count). The lowest BCUT2D eigenvalue weighted by Gasteiger charge is -2.16. The van der Waals surface area contributed by atoms with Gasteiger partial charge in [-0.25, -0.2) is 0 Å². The molecule has 0 aromatic heterocycles.